The summed E-state index contributed by atoms with van der Waals surface area (Å²) in [4.78, 5) is 68.2. The van der Waals surface area contributed by atoms with E-state index in [1.165, 1.54) is 6.92 Å². The van der Waals surface area contributed by atoms with Crippen LogP contribution in [0.2, 0.25) is 0 Å². The van der Waals surface area contributed by atoms with Gasteiger partial charge in [0.05, 0.1) is 19.2 Å². The third-order valence-electron chi connectivity index (χ3n) is 8.39. The van der Waals surface area contributed by atoms with Crippen molar-refractivity contribution in [2.24, 2.45) is 11.0 Å². The van der Waals surface area contributed by atoms with E-state index in [0.29, 0.717) is 24.2 Å². The van der Waals surface area contributed by atoms with Crippen molar-refractivity contribution in [2.75, 3.05) is 19.7 Å². The van der Waals surface area contributed by atoms with Crippen molar-refractivity contribution in [3.63, 3.8) is 0 Å². The molecule has 1 saturated carbocycles. The van der Waals surface area contributed by atoms with Crippen molar-refractivity contribution >= 4 is 29.4 Å². The average Bonchev–Trinajstić information content (AvgIpc) is 3.64. The second-order valence-electron chi connectivity index (χ2n) is 12.1. The number of likely N-dealkylation sites (tertiary alicyclic amines) is 1. The smallest absolute Gasteiger partial charge is 0.267 e. The van der Waals surface area contributed by atoms with Crippen molar-refractivity contribution in [3.05, 3.63) is 10.4 Å². The largest absolute Gasteiger partial charge is 0.361 e. The maximum atomic E-state index is 14.5. The Hall–Kier alpha value is -3.32. The van der Waals surface area contributed by atoms with Crippen molar-refractivity contribution < 1.29 is 37.5 Å². The first-order valence-corrected chi connectivity index (χ1v) is 15.1. The molecule has 1 aliphatic carbocycles. The number of epoxide rings is 1. The molecule has 3 fully saturated rings. The van der Waals surface area contributed by atoms with Crippen LogP contribution in [-0.2, 0) is 28.7 Å². The van der Waals surface area contributed by atoms with E-state index in [4.69, 9.17) is 10.3 Å². The molecule has 0 aromatic rings. The number of nitrogens with one attached hydrogen (secondary N) is 3. The zero-order valence-electron chi connectivity index (χ0n) is 25.1. The van der Waals surface area contributed by atoms with E-state index in [1.54, 1.807) is 6.92 Å². The van der Waals surface area contributed by atoms with Crippen LogP contribution >= 0.6 is 0 Å². The molecule has 2 aliphatic heterocycles. The molecule has 3 rings (SSSR count). The van der Waals surface area contributed by atoms with Gasteiger partial charge in [0, 0.05) is 11.3 Å². The number of unbranched alkanes of at least 4 members (excludes halogenated alkanes) is 1. The normalized spacial score (nSPS) is 25.0. The van der Waals surface area contributed by atoms with Gasteiger partial charge in [0.25, 0.3) is 5.92 Å². The molecule has 13 nitrogen and oxygen atoms in total. The first kappa shape index (κ1) is 34.2. The number of ether oxygens (including phenoxy) is 1. The van der Waals surface area contributed by atoms with Gasteiger partial charge in [-0.15, -0.1) is 0 Å². The van der Waals surface area contributed by atoms with Crippen LogP contribution in [0.15, 0.2) is 5.11 Å². The highest BCUT2D eigenvalue weighted by molar-refractivity contribution is 5.98. The topological polar surface area (TPSA) is 186 Å². The Labute approximate surface area is 249 Å². The fourth-order valence-electron chi connectivity index (χ4n) is 5.80. The molecule has 5 atom stereocenters. The van der Waals surface area contributed by atoms with Crippen molar-refractivity contribution in [2.45, 2.75) is 121 Å². The first-order valence-electron chi connectivity index (χ1n) is 15.1. The number of Topliss-reactive ketones (excluding diaryl/α,β-unsaturated/α-hetero) is 1. The quantitative estimate of drug-likeness (QED) is 0.110. The standard InChI is InChI=1S/C28H43F2N7O6/c1-4-5-11-19(24(40)35-20(23(39)27(3)16-43-27)12-18-9-7-6-8-10-18)34-25(41)21-13-28(29,30)15-37(21)26(42)17(2)33-22(38)14-32-36-31/h17-21H,4-16H2,1-3H3,(H,33,38)(H,34,41)(H,35,40)/t17-,19-,20-,21-,27+/m0/s1. The number of carbonyl (C=O) groups excluding carboxylic acids is 5. The number of alkyl halides is 2. The SMILES string of the molecule is CCCC[C@H](NC(=O)[C@@H]1CC(F)(F)CN1C(=O)[C@H](C)NC(=O)CN=[N+]=[N-])C(=O)N[C@@H](CC1CCCCC1)C(=O)[C@@]1(C)CO1. The van der Waals surface area contributed by atoms with E-state index in [2.05, 4.69) is 26.0 Å². The van der Waals surface area contributed by atoms with Gasteiger partial charge in [-0.1, -0.05) is 57.0 Å². The van der Waals surface area contributed by atoms with Crippen LogP contribution in [0.3, 0.4) is 0 Å². The lowest BCUT2D eigenvalue weighted by molar-refractivity contribution is -0.142. The van der Waals surface area contributed by atoms with Gasteiger partial charge in [0.15, 0.2) is 5.78 Å². The summed E-state index contributed by atoms with van der Waals surface area (Å²) in [5.41, 5.74) is 7.40. The Morgan fingerprint density at radius 1 is 1.09 bits per heavy atom. The molecule has 4 amide bonds. The van der Waals surface area contributed by atoms with Gasteiger partial charge < -0.3 is 25.6 Å². The number of amides is 4. The highest BCUT2D eigenvalue weighted by atomic mass is 19.3. The van der Waals surface area contributed by atoms with Crippen LogP contribution in [0.25, 0.3) is 10.4 Å². The summed E-state index contributed by atoms with van der Waals surface area (Å²) in [6, 6.07) is -4.79. The van der Waals surface area contributed by atoms with Crippen molar-refractivity contribution in [1.82, 2.24) is 20.9 Å². The minimum absolute atomic E-state index is 0.203. The van der Waals surface area contributed by atoms with Crippen molar-refractivity contribution in [3.8, 4) is 0 Å². The van der Waals surface area contributed by atoms with Gasteiger partial charge in [0.2, 0.25) is 23.6 Å². The molecule has 0 aromatic heterocycles. The molecule has 43 heavy (non-hydrogen) atoms. The number of carbonyl (C=O) groups is 5. The third-order valence-corrected chi connectivity index (χ3v) is 8.39. The highest BCUT2D eigenvalue weighted by Crippen LogP contribution is 2.34. The van der Waals surface area contributed by atoms with Crippen molar-refractivity contribution in [1.29, 1.82) is 0 Å². The van der Waals surface area contributed by atoms with E-state index in [-0.39, 0.29) is 24.7 Å². The van der Waals surface area contributed by atoms with Gasteiger partial charge in [-0.2, -0.15) is 0 Å². The lowest BCUT2D eigenvalue weighted by Crippen LogP contribution is -2.57. The number of nitrogens with zero attached hydrogens (tertiary/aromatic N) is 4. The summed E-state index contributed by atoms with van der Waals surface area (Å²) >= 11 is 0. The molecule has 0 unspecified atom stereocenters. The molecule has 240 valence electrons. The lowest BCUT2D eigenvalue weighted by Gasteiger charge is -2.30. The molecule has 0 spiro atoms. The number of azide groups is 1. The summed E-state index contributed by atoms with van der Waals surface area (Å²) < 4.78 is 34.4. The minimum Gasteiger partial charge on any atom is -0.361 e. The van der Waals surface area contributed by atoms with E-state index < -0.39 is 78.8 Å². The Bertz CT molecular complexity index is 1110. The maximum Gasteiger partial charge on any atom is 0.267 e. The Balaban J connectivity index is 1.73. The van der Waals surface area contributed by atoms with Crippen LogP contribution in [-0.4, -0.2) is 89.7 Å². The fourth-order valence-corrected chi connectivity index (χ4v) is 5.80. The maximum absolute atomic E-state index is 14.5. The molecule has 3 N–H and O–H groups in total. The van der Waals surface area contributed by atoms with E-state index in [1.807, 2.05) is 6.92 Å². The van der Waals surface area contributed by atoms with E-state index >= 15 is 0 Å². The second-order valence-corrected chi connectivity index (χ2v) is 12.1. The zero-order chi connectivity index (χ0) is 31.8. The van der Waals surface area contributed by atoms with E-state index in [9.17, 15) is 32.8 Å². The minimum atomic E-state index is -3.37. The molecular weight excluding hydrogens is 568 g/mol. The van der Waals surface area contributed by atoms with Gasteiger partial charge >= 0.3 is 0 Å². The molecule has 2 heterocycles. The lowest BCUT2D eigenvalue weighted by atomic mass is 9.82. The Kier molecular flexibility index (Phi) is 11.9. The number of halogens is 2. The predicted molar refractivity (Wildman–Crippen MR) is 151 cm³/mol. The average molecular weight is 612 g/mol. The monoisotopic (exact) mass is 611 g/mol. The number of ketones is 1. The number of hydrogen-bond acceptors (Lipinski definition) is 7. The van der Waals surface area contributed by atoms with Crippen LogP contribution in [0, 0.1) is 5.92 Å². The summed E-state index contributed by atoms with van der Waals surface area (Å²) in [7, 11) is 0. The molecule has 3 aliphatic rings. The molecule has 15 heteroatoms. The number of rotatable bonds is 15. The zero-order valence-corrected chi connectivity index (χ0v) is 25.1. The summed E-state index contributed by atoms with van der Waals surface area (Å²) in [6.45, 7) is 3.49. The predicted octanol–water partition coefficient (Wildman–Crippen LogP) is 2.53. The molecule has 0 bridgehead atoms. The molecule has 2 saturated heterocycles. The van der Waals surface area contributed by atoms with Crippen LogP contribution in [0.1, 0.15) is 85.0 Å². The summed E-state index contributed by atoms with van der Waals surface area (Å²) in [5, 5.41) is 10.8. The van der Waals surface area contributed by atoms with E-state index in [0.717, 1.165) is 32.1 Å². The fraction of sp³-hybridized carbons (Fsp3) is 0.821. The Morgan fingerprint density at radius 2 is 1.77 bits per heavy atom. The third kappa shape index (κ3) is 9.59. The summed E-state index contributed by atoms with van der Waals surface area (Å²) in [5.74, 6) is -6.56. The van der Waals surface area contributed by atoms with Crippen LogP contribution in [0.5, 0.6) is 0 Å². The molecule has 0 aromatic carbocycles. The molecule has 0 radical (unpaired) electrons. The van der Waals surface area contributed by atoms with Gasteiger partial charge in [-0.05, 0) is 38.1 Å². The number of hydrogen-bond donors (Lipinski definition) is 3. The molecular formula is C28H43F2N7O6. The van der Waals surface area contributed by atoms with Crippen LogP contribution in [0.4, 0.5) is 8.78 Å². The van der Waals surface area contributed by atoms with Gasteiger partial charge in [0.1, 0.15) is 30.3 Å². The highest BCUT2D eigenvalue weighted by Gasteiger charge is 2.52. The second kappa shape index (κ2) is 14.9. The van der Waals surface area contributed by atoms with Gasteiger partial charge in [-0.3, -0.25) is 24.0 Å². The Morgan fingerprint density at radius 3 is 2.37 bits per heavy atom. The van der Waals surface area contributed by atoms with Crippen LogP contribution < -0.4 is 16.0 Å². The summed E-state index contributed by atoms with van der Waals surface area (Å²) in [6.07, 6.45) is 6.09. The van der Waals surface area contributed by atoms with Gasteiger partial charge in [-0.25, -0.2) is 8.78 Å². The first-order chi connectivity index (χ1) is 20.3.